The van der Waals surface area contributed by atoms with Crippen molar-refractivity contribution < 1.29 is 14.6 Å². The normalized spacial score (nSPS) is 19.6. The fraction of sp³-hybridized carbons (Fsp3) is 0.619. The molecule has 28 heavy (non-hydrogen) atoms. The maximum absolute atomic E-state index is 11.0. The number of nitrogens with one attached hydrogen (secondary N) is 1. The predicted octanol–water partition coefficient (Wildman–Crippen LogP) is 3.30. The number of nitrogens with zero attached hydrogens (tertiary/aromatic N) is 2. The largest absolute Gasteiger partial charge is 0.463 e. The Balaban J connectivity index is 1.79. The Kier molecular flexibility index (Phi) is 6.57. The van der Waals surface area contributed by atoms with E-state index in [9.17, 15) is 10.2 Å². The first-order valence-corrected chi connectivity index (χ1v) is 10.2. The molecule has 2 heterocycles. The summed E-state index contributed by atoms with van der Waals surface area (Å²) in [6.45, 7) is 6.11. The van der Waals surface area contributed by atoms with Gasteiger partial charge >= 0.3 is 0 Å². The van der Waals surface area contributed by atoms with Gasteiger partial charge in [0.1, 0.15) is 23.8 Å². The third-order valence-corrected chi connectivity index (χ3v) is 5.90. The van der Waals surface area contributed by atoms with E-state index in [2.05, 4.69) is 22.2 Å². The lowest BCUT2D eigenvalue weighted by Gasteiger charge is -2.34. The maximum Gasteiger partial charge on any atom is 0.154 e. The molecule has 1 saturated carbocycles. The second kappa shape index (κ2) is 8.92. The Hall–Kier alpha value is -2.12. The fourth-order valence-corrected chi connectivity index (χ4v) is 3.66. The highest BCUT2D eigenvalue weighted by atomic mass is 16.3. The van der Waals surface area contributed by atoms with E-state index < -0.39 is 12.2 Å². The van der Waals surface area contributed by atoms with E-state index >= 15 is 0 Å². The zero-order chi connectivity index (χ0) is 20.3. The van der Waals surface area contributed by atoms with E-state index in [1.54, 1.807) is 18.4 Å². The van der Waals surface area contributed by atoms with Crippen LogP contribution < -0.4 is 11.1 Å². The van der Waals surface area contributed by atoms with Crippen molar-refractivity contribution in [2.45, 2.75) is 64.7 Å². The summed E-state index contributed by atoms with van der Waals surface area (Å²) >= 11 is 0. The molecule has 2 aromatic heterocycles. The van der Waals surface area contributed by atoms with Gasteiger partial charge in [0.25, 0.3) is 0 Å². The van der Waals surface area contributed by atoms with Gasteiger partial charge in [-0.2, -0.15) is 0 Å². The number of aliphatic hydroxyl groups excluding tert-OH is 2. The molecule has 0 spiro atoms. The summed E-state index contributed by atoms with van der Waals surface area (Å²) in [6.07, 6.45) is 5.50. The number of furan rings is 1. The van der Waals surface area contributed by atoms with Gasteiger partial charge in [-0.15, -0.1) is 0 Å². The van der Waals surface area contributed by atoms with Crippen LogP contribution in [0.1, 0.15) is 46.5 Å². The van der Waals surface area contributed by atoms with E-state index in [4.69, 9.17) is 10.2 Å². The lowest BCUT2D eigenvalue weighted by molar-refractivity contribution is -0.0331. The van der Waals surface area contributed by atoms with Crippen molar-refractivity contribution in [3.05, 3.63) is 24.7 Å². The molecule has 1 aliphatic carbocycles. The summed E-state index contributed by atoms with van der Waals surface area (Å²) in [4.78, 5) is 8.49. The number of aromatic nitrogens is 2. The molecule has 0 radical (unpaired) electrons. The van der Waals surface area contributed by atoms with E-state index in [0.717, 1.165) is 12.8 Å². The summed E-state index contributed by atoms with van der Waals surface area (Å²) in [5.41, 5.74) is 7.15. The topological polar surface area (TPSA) is 117 Å². The van der Waals surface area contributed by atoms with Crippen molar-refractivity contribution in [1.29, 1.82) is 0 Å². The average molecular weight is 389 g/mol. The van der Waals surface area contributed by atoms with Crippen LogP contribution in [0.25, 0.3) is 11.5 Å². The van der Waals surface area contributed by atoms with E-state index in [-0.39, 0.29) is 17.9 Å². The first kappa shape index (κ1) is 20.6. The molecule has 1 unspecified atom stereocenters. The van der Waals surface area contributed by atoms with Crippen LogP contribution in [0.4, 0.5) is 11.5 Å². The SMILES string of the molecule is CCC(C)[C@@H](Nc1ncnc(-c2ccco2)c1N)[C@H](O)[C@H](O)[C@H](C)CC1CC1. The van der Waals surface area contributed by atoms with Gasteiger partial charge in [-0.05, 0) is 36.3 Å². The third-order valence-electron chi connectivity index (χ3n) is 5.90. The first-order valence-electron chi connectivity index (χ1n) is 10.2. The summed E-state index contributed by atoms with van der Waals surface area (Å²) in [6, 6.07) is 3.17. The highest BCUT2D eigenvalue weighted by Gasteiger charge is 2.36. The van der Waals surface area contributed by atoms with Gasteiger partial charge in [-0.3, -0.25) is 0 Å². The third kappa shape index (κ3) is 4.64. The molecule has 0 aromatic carbocycles. The molecule has 154 valence electrons. The second-order valence-corrected chi connectivity index (χ2v) is 8.16. The van der Waals surface area contributed by atoms with Gasteiger partial charge in [-0.1, -0.05) is 40.0 Å². The van der Waals surface area contributed by atoms with Crippen LogP contribution in [-0.2, 0) is 0 Å². The number of hydrogen-bond acceptors (Lipinski definition) is 7. The van der Waals surface area contributed by atoms with Crippen molar-refractivity contribution in [3.8, 4) is 11.5 Å². The number of hydrogen-bond donors (Lipinski definition) is 4. The highest BCUT2D eigenvalue weighted by Crippen LogP contribution is 2.37. The molecule has 0 saturated heterocycles. The Morgan fingerprint density at radius 2 is 1.96 bits per heavy atom. The molecule has 1 aliphatic rings. The van der Waals surface area contributed by atoms with E-state index in [1.807, 2.05) is 13.8 Å². The first-order chi connectivity index (χ1) is 13.4. The molecule has 0 amide bonds. The van der Waals surface area contributed by atoms with Crippen LogP contribution in [0.2, 0.25) is 0 Å². The maximum atomic E-state index is 11.0. The number of anilines is 2. The van der Waals surface area contributed by atoms with Crippen LogP contribution in [0.3, 0.4) is 0 Å². The smallest absolute Gasteiger partial charge is 0.154 e. The van der Waals surface area contributed by atoms with E-state index in [0.29, 0.717) is 28.9 Å². The van der Waals surface area contributed by atoms with Gasteiger partial charge < -0.3 is 25.7 Å². The number of nitrogen functional groups attached to an aromatic ring is 1. The van der Waals surface area contributed by atoms with E-state index in [1.165, 1.54) is 19.2 Å². The van der Waals surface area contributed by atoms with Gasteiger partial charge in [0.05, 0.1) is 18.4 Å². The van der Waals surface area contributed by atoms with Crippen molar-refractivity contribution in [1.82, 2.24) is 9.97 Å². The summed E-state index contributed by atoms with van der Waals surface area (Å²) in [7, 11) is 0. The van der Waals surface area contributed by atoms with Crippen LogP contribution in [-0.4, -0.2) is 38.4 Å². The molecule has 1 fully saturated rings. The molecule has 7 nitrogen and oxygen atoms in total. The zero-order valence-electron chi connectivity index (χ0n) is 16.9. The monoisotopic (exact) mass is 388 g/mol. The summed E-state index contributed by atoms with van der Waals surface area (Å²) in [5.74, 6) is 1.84. The Morgan fingerprint density at radius 1 is 1.21 bits per heavy atom. The molecular formula is C21H32N4O3. The van der Waals surface area contributed by atoms with Gasteiger partial charge in [-0.25, -0.2) is 9.97 Å². The van der Waals surface area contributed by atoms with Crippen molar-refractivity contribution in [3.63, 3.8) is 0 Å². The lowest BCUT2D eigenvalue weighted by atomic mass is 9.85. The van der Waals surface area contributed by atoms with Crippen molar-refractivity contribution in [2.24, 2.45) is 17.8 Å². The van der Waals surface area contributed by atoms with Crippen LogP contribution in [0.15, 0.2) is 29.1 Å². The lowest BCUT2D eigenvalue weighted by Crippen LogP contribution is -2.48. The van der Waals surface area contributed by atoms with Crippen LogP contribution in [0.5, 0.6) is 0 Å². The Morgan fingerprint density at radius 3 is 2.57 bits per heavy atom. The molecule has 2 aromatic rings. The molecule has 5 N–H and O–H groups in total. The Labute approximate surface area is 166 Å². The van der Waals surface area contributed by atoms with Gasteiger partial charge in [0.2, 0.25) is 0 Å². The van der Waals surface area contributed by atoms with Gasteiger partial charge in [0, 0.05) is 0 Å². The molecule has 0 bridgehead atoms. The molecular weight excluding hydrogens is 356 g/mol. The Bertz CT molecular complexity index is 748. The van der Waals surface area contributed by atoms with Crippen LogP contribution >= 0.6 is 0 Å². The minimum absolute atomic E-state index is 0.0391. The quantitative estimate of drug-likeness (QED) is 0.493. The predicted molar refractivity (Wildman–Crippen MR) is 110 cm³/mol. The average Bonchev–Trinajstić information content (AvgIpc) is 3.34. The highest BCUT2D eigenvalue weighted by molar-refractivity contribution is 5.77. The zero-order valence-corrected chi connectivity index (χ0v) is 16.9. The fourth-order valence-electron chi connectivity index (χ4n) is 3.66. The van der Waals surface area contributed by atoms with Gasteiger partial charge in [0.15, 0.2) is 11.6 Å². The van der Waals surface area contributed by atoms with Crippen LogP contribution in [0, 0.1) is 17.8 Å². The standard InChI is InChI=1S/C21H32N4O3/c1-4-12(2)17(20(27)19(26)13(3)10-14-7-8-14)25-21-16(22)18(23-11-24-21)15-6-5-9-28-15/h5-6,9,11-14,17,19-20,26-27H,4,7-8,10,22H2,1-3H3,(H,23,24,25)/t12?,13-,17-,19-,20+/m1/s1. The van der Waals surface area contributed by atoms with Crippen molar-refractivity contribution in [2.75, 3.05) is 11.1 Å². The molecule has 5 atom stereocenters. The number of rotatable bonds is 10. The number of aliphatic hydroxyl groups is 2. The number of nitrogens with two attached hydrogens (primary N) is 1. The minimum atomic E-state index is -0.926. The molecule has 0 aliphatic heterocycles. The molecule has 3 rings (SSSR count). The minimum Gasteiger partial charge on any atom is -0.463 e. The summed E-state index contributed by atoms with van der Waals surface area (Å²) in [5, 5.41) is 25.0. The van der Waals surface area contributed by atoms with Crippen molar-refractivity contribution >= 4 is 11.5 Å². The summed E-state index contributed by atoms with van der Waals surface area (Å²) < 4.78 is 5.40. The second-order valence-electron chi connectivity index (χ2n) is 8.16. The molecule has 7 heteroatoms.